The summed E-state index contributed by atoms with van der Waals surface area (Å²) in [7, 11) is 0. The molecule has 1 aliphatic carbocycles. The highest BCUT2D eigenvalue weighted by atomic mass is 32.1. The van der Waals surface area contributed by atoms with E-state index in [0.717, 1.165) is 46.6 Å². The first kappa shape index (κ1) is 21.8. The van der Waals surface area contributed by atoms with Crippen LogP contribution in [0.1, 0.15) is 42.8 Å². The lowest BCUT2D eigenvalue weighted by Gasteiger charge is -2.26. The van der Waals surface area contributed by atoms with E-state index in [9.17, 15) is 9.18 Å². The Morgan fingerprint density at radius 3 is 2.85 bits per heavy atom. The average molecular weight is 462 g/mol. The van der Waals surface area contributed by atoms with Gasteiger partial charge in [0.25, 0.3) is 0 Å². The van der Waals surface area contributed by atoms with Gasteiger partial charge in [0.15, 0.2) is 0 Å². The quantitative estimate of drug-likeness (QED) is 0.403. The minimum absolute atomic E-state index is 0.0274. The van der Waals surface area contributed by atoms with Gasteiger partial charge >= 0.3 is 0 Å². The summed E-state index contributed by atoms with van der Waals surface area (Å²) < 4.78 is 16.2. The zero-order valence-electron chi connectivity index (χ0n) is 19.2. The number of fused-ring (bicyclic) bond motifs is 3. The van der Waals surface area contributed by atoms with Crippen LogP contribution in [0.25, 0.3) is 21.5 Å². The molecule has 4 aromatic rings. The van der Waals surface area contributed by atoms with Crippen LogP contribution in [0, 0.1) is 18.7 Å². The van der Waals surface area contributed by atoms with E-state index in [2.05, 4.69) is 38.4 Å². The molecule has 170 valence electrons. The predicted molar refractivity (Wildman–Crippen MR) is 132 cm³/mol. The molecule has 1 aliphatic rings. The molecule has 1 unspecified atom stereocenters. The minimum atomic E-state index is -0.212. The lowest BCUT2D eigenvalue weighted by atomic mass is 9.90. The first-order valence-electron chi connectivity index (χ1n) is 11.5. The molecule has 33 heavy (non-hydrogen) atoms. The first-order valence-corrected chi connectivity index (χ1v) is 12.4. The Bertz CT molecular complexity index is 1340. The standard InChI is InChI=1S/C27H28FN3OS/c1-16(2)26(32)30-21-8-10-25-23(13-21)22-12-19(27-29-17(3)15-33-27)7-9-24(22)31(25)14-18-5-4-6-20(28)11-18/h4-7,9,11-12,15-16,21H,8,10,13-14H2,1-3H3,(H,30,32). The second-order valence-corrected chi connectivity index (χ2v) is 10.1. The van der Waals surface area contributed by atoms with Crippen LogP contribution in [-0.2, 0) is 24.2 Å². The number of halogens is 1. The largest absolute Gasteiger partial charge is 0.353 e. The number of benzene rings is 2. The van der Waals surface area contributed by atoms with Gasteiger partial charge in [0.2, 0.25) is 5.91 Å². The summed E-state index contributed by atoms with van der Waals surface area (Å²) in [6, 6.07) is 13.5. The lowest BCUT2D eigenvalue weighted by molar-refractivity contribution is -0.124. The van der Waals surface area contributed by atoms with Gasteiger partial charge in [-0.1, -0.05) is 26.0 Å². The van der Waals surface area contributed by atoms with E-state index in [-0.39, 0.29) is 23.7 Å². The topological polar surface area (TPSA) is 46.9 Å². The molecular weight excluding hydrogens is 433 g/mol. The molecule has 4 nitrogen and oxygen atoms in total. The van der Waals surface area contributed by atoms with Crippen LogP contribution in [0.15, 0.2) is 47.8 Å². The molecule has 6 heteroatoms. The van der Waals surface area contributed by atoms with Gasteiger partial charge in [0.1, 0.15) is 10.8 Å². The molecule has 0 spiro atoms. The second-order valence-electron chi connectivity index (χ2n) is 9.27. The van der Waals surface area contributed by atoms with Gasteiger partial charge in [-0.2, -0.15) is 0 Å². The second kappa shape index (κ2) is 8.75. The van der Waals surface area contributed by atoms with E-state index >= 15 is 0 Å². The maximum atomic E-state index is 13.9. The van der Waals surface area contributed by atoms with Crippen molar-refractivity contribution in [2.45, 2.75) is 52.6 Å². The highest BCUT2D eigenvalue weighted by Crippen LogP contribution is 2.36. The fourth-order valence-electron chi connectivity index (χ4n) is 4.76. The number of hydrogen-bond donors (Lipinski definition) is 1. The Labute approximate surface area is 197 Å². The van der Waals surface area contributed by atoms with Crippen molar-refractivity contribution >= 4 is 28.1 Å². The Morgan fingerprint density at radius 1 is 1.27 bits per heavy atom. The van der Waals surface area contributed by atoms with Crippen LogP contribution in [0.2, 0.25) is 0 Å². The molecule has 0 fully saturated rings. The number of nitrogens with one attached hydrogen (secondary N) is 1. The fourth-order valence-corrected chi connectivity index (χ4v) is 5.55. The van der Waals surface area contributed by atoms with Gasteiger partial charge in [-0.05, 0) is 67.6 Å². The van der Waals surface area contributed by atoms with E-state index in [1.165, 1.54) is 22.7 Å². The van der Waals surface area contributed by atoms with E-state index in [1.54, 1.807) is 23.5 Å². The number of aryl methyl sites for hydroxylation is 1. The highest BCUT2D eigenvalue weighted by Gasteiger charge is 2.27. The molecule has 2 aromatic heterocycles. The lowest BCUT2D eigenvalue weighted by Crippen LogP contribution is -2.41. The molecule has 2 aromatic carbocycles. The number of nitrogens with zero attached hydrogens (tertiary/aromatic N) is 2. The third-order valence-electron chi connectivity index (χ3n) is 6.43. The number of rotatable bonds is 5. The zero-order chi connectivity index (χ0) is 23.1. The van der Waals surface area contributed by atoms with Crippen LogP contribution in [0.4, 0.5) is 4.39 Å². The van der Waals surface area contributed by atoms with Crippen molar-refractivity contribution in [3.8, 4) is 10.6 Å². The van der Waals surface area contributed by atoms with E-state index in [0.29, 0.717) is 6.54 Å². The van der Waals surface area contributed by atoms with Gasteiger partial charge in [0, 0.05) is 51.7 Å². The normalized spacial score (nSPS) is 15.7. The van der Waals surface area contributed by atoms with Crippen molar-refractivity contribution in [1.29, 1.82) is 0 Å². The van der Waals surface area contributed by atoms with E-state index in [1.807, 2.05) is 26.8 Å². The molecule has 0 aliphatic heterocycles. The van der Waals surface area contributed by atoms with Crippen LogP contribution in [0.3, 0.4) is 0 Å². The smallest absolute Gasteiger partial charge is 0.222 e. The van der Waals surface area contributed by atoms with Gasteiger partial charge in [0.05, 0.1) is 0 Å². The molecule has 1 atom stereocenters. The third-order valence-corrected chi connectivity index (χ3v) is 7.44. The van der Waals surface area contributed by atoms with Gasteiger partial charge in [-0.25, -0.2) is 9.37 Å². The number of hydrogen-bond acceptors (Lipinski definition) is 3. The molecule has 5 rings (SSSR count). The maximum Gasteiger partial charge on any atom is 0.222 e. The minimum Gasteiger partial charge on any atom is -0.353 e. The fraction of sp³-hybridized carbons (Fsp3) is 0.333. The highest BCUT2D eigenvalue weighted by molar-refractivity contribution is 7.13. The molecular formula is C27H28FN3OS. The van der Waals surface area contributed by atoms with Crippen molar-refractivity contribution in [3.63, 3.8) is 0 Å². The summed E-state index contributed by atoms with van der Waals surface area (Å²) in [6.45, 7) is 6.49. The van der Waals surface area contributed by atoms with E-state index < -0.39 is 0 Å². The van der Waals surface area contributed by atoms with Crippen LogP contribution in [0.5, 0.6) is 0 Å². The van der Waals surface area contributed by atoms with Crippen molar-refractivity contribution in [2.24, 2.45) is 5.92 Å². The van der Waals surface area contributed by atoms with Gasteiger partial charge in [-0.3, -0.25) is 4.79 Å². The summed E-state index contributed by atoms with van der Waals surface area (Å²) in [6.07, 6.45) is 2.60. The number of amides is 1. The number of carbonyl (C=O) groups is 1. The summed E-state index contributed by atoms with van der Waals surface area (Å²) >= 11 is 1.66. The SMILES string of the molecule is Cc1csc(-c2ccc3c(c2)c2c(n3Cc3cccc(F)c3)CCC(NC(=O)C(C)C)C2)n1. The molecule has 1 N–H and O–H groups in total. The summed E-state index contributed by atoms with van der Waals surface area (Å²) in [5.74, 6) is -0.137. The summed E-state index contributed by atoms with van der Waals surface area (Å²) in [5, 5.41) is 7.52. The zero-order valence-corrected chi connectivity index (χ0v) is 20.0. The van der Waals surface area contributed by atoms with Crippen LogP contribution >= 0.6 is 11.3 Å². The maximum absolute atomic E-state index is 13.9. The third kappa shape index (κ3) is 4.32. The number of carbonyl (C=O) groups excluding carboxylic acids is 1. The Morgan fingerprint density at radius 2 is 2.12 bits per heavy atom. The Kier molecular flexibility index (Phi) is 5.79. The number of thiazole rings is 1. The molecule has 0 bridgehead atoms. The molecule has 0 radical (unpaired) electrons. The van der Waals surface area contributed by atoms with Crippen molar-refractivity contribution < 1.29 is 9.18 Å². The Balaban J connectivity index is 1.59. The van der Waals surface area contributed by atoms with Crippen LogP contribution in [-0.4, -0.2) is 21.5 Å². The number of aromatic nitrogens is 2. The molecule has 0 saturated carbocycles. The Hall–Kier alpha value is -2.99. The predicted octanol–water partition coefficient (Wildman–Crippen LogP) is 5.89. The van der Waals surface area contributed by atoms with Gasteiger partial charge < -0.3 is 9.88 Å². The van der Waals surface area contributed by atoms with Crippen LogP contribution < -0.4 is 5.32 Å². The van der Waals surface area contributed by atoms with Gasteiger partial charge in [-0.15, -0.1) is 11.3 Å². The van der Waals surface area contributed by atoms with Crippen molar-refractivity contribution in [3.05, 3.63) is 76.2 Å². The van der Waals surface area contributed by atoms with Crippen molar-refractivity contribution in [1.82, 2.24) is 14.9 Å². The monoisotopic (exact) mass is 461 g/mol. The molecule has 0 saturated heterocycles. The summed E-state index contributed by atoms with van der Waals surface area (Å²) in [4.78, 5) is 17.0. The average Bonchev–Trinajstić information content (AvgIpc) is 3.35. The molecule has 2 heterocycles. The van der Waals surface area contributed by atoms with Crippen molar-refractivity contribution in [2.75, 3.05) is 0 Å². The molecule has 1 amide bonds. The summed E-state index contributed by atoms with van der Waals surface area (Å²) in [5.41, 5.74) is 6.81. The first-order chi connectivity index (χ1) is 15.9. The van der Waals surface area contributed by atoms with E-state index in [4.69, 9.17) is 0 Å².